The molecule has 5 nitrogen and oxygen atoms in total. The summed E-state index contributed by atoms with van der Waals surface area (Å²) in [7, 11) is 1.92. The van der Waals surface area contributed by atoms with E-state index in [4.69, 9.17) is 0 Å². The third kappa shape index (κ3) is 1.99. The first-order valence-electron chi connectivity index (χ1n) is 5.21. The summed E-state index contributed by atoms with van der Waals surface area (Å²) < 4.78 is 3.88. The molecule has 3 aromatic rings. The van der Waals surface area contributed by atoms with Gasteiger partial charge in [-0.15, -0.1) is 11.3 Å². The van der Waals surface area contributed by atoms with Crippen LogP contribution in [0.5, 0.6) is 0 Å². The summed E-state index contributed by atoms with van der Waals surface area (Å²) in [5, 5.41) is 7.06. The van der Waals surface area contributed by atoms with Crippen LogP contribution in [0.15, 0.2) is 36.4 Å². The summed E-state index contributed by atoms with van der Waals surface area (Å²) in [6.07, 6.45) is 9.43. The second-order valence-electron chi connectivity index (χ2n) is 3.74. The van der Waals surface area contributed by atoms with Gasteiger partial charge in [-0.1, -0.05) is 0 Å². The van der Waals surface area contributed by atoms with Crippen LogP contribution in [0.3, 0.4) is 0 Å². The van der Waals surface area contributed by atoms with Crippen LogP contribution in [0.2, 0.25) is 0 Å². The van der Waals surface area contributed by atoms with Gasteiger partial charge in [0.15, 0.2) is 10.8 Å². The quantitative estimate of drug-likeness (QED) is 0.706. The molecule has 0 aliphatic heterocycles. The Bertz CT molecular complexity index is 607. The van der Waals surface area contributed by atoms with Crippen molar-refractivity contribution in [2.45, 2.75) is 6.54 Å². The van der Waals surface area contributed by atoms with Gasteiger partial charge in [0.05, 0.1) is 12.7 Å². The van der Waals surface area contributed by atoms with Crippen LogP contribution < -0.4 is 0 Å². The van der Waals surface area contributed by atoms with Crippen molar-refractivity contribution in [2.24, 2.45) is 7.05 Å². The summed E-state index contributed by atoms with van der Waals surface area (Å²) in [5.41, 5.74) is 1.16. The average Bonchev–Trinajstić information content (AvgIpc) is 3.00. The molecule has 17 heavy (non-hydrogen) atoms. The zero-order valence-corrected chi connectivity index (χ0v) is 10.1. The Kier molecular flexibility index (Phi) is 2.49. The first kappa shape index (κ1) is 10.2. The number of nitrogens with zero attached hydrogens (tertiary/aromatic N) is 5. The molecule has 0 bridgehead atoms. The van der Waals surface area contributed by atoms with E-state index in [1.165, 1.54) is 0 Å². The molecule has 0 unspecified atom stereocenters. The molecule has 0 aliphatic rings. The van der Waals surface area contributed by atoms with E-state index < -0.39 is 0 Å². The standard InChI is InChI=1S/C11H11N5S/c1-15-7-9(6-14-15)8-16-4-2-12-10(16)11-13-3-5-17-11/h2-7H,8H2,1H3. The molecular weight excluding hydrogens is 234 g/mol. The molecule has 3 heterocycles. The molecule has 0 N–H and O–H groups in total. The molecule has 6 heteroatoms. The van der Waals surface area contributed by atoms with Gasteiger partial charge in [0.2, 0.25) is 0 Å². The average molecular weight is 245 g/mol. The van der Waals surface area contributed by atoms with Gasteiger partial charge < -0.3 is 4.57 Å². The zero-order valence-electron chi connectivity index (χ0n) is 9.32. The highest BCUT2D eigenvalue weighted by Gasteiger charge is 2.09. The lowest BCUT2D eigenvalue weighted by Gasteiger charge is -2.03. The van der Waals surface area contributed by atoms with Crippen molar-refractivity contribution >= 4 is 11.3 Å². The topological polar surface area (TPSA) is 48.5 Å². The number of thiazole rings is 1. The molecular formula is C11H11N5S. The molecule has 0 aromatic carbocycles. The molecule has 0 radical (unpaired) electrons. The second kappa shape index (κ2) is 4.14. The van der Waals surface area contributed by atoms with Gasteiger partial charge in [0.1, 0.15) is 0 Å². The monoisotopic (exact) mass is 245 g/mol. The fourth-order valence-electron chi connectivity index (χ4n) is 1.72. The lowest BCUT2D eigenvalue weighted by molar-refractivity contribution is 0.763. The van der Waals surface area contributed by atoms with Gasteiger partial charge in [-0.05, 0) is 0 Å². The van der Waals surface area contributed by atoms with E-state index in [0.717, 1.165) is 22.9 Å². The lowest BCUT2D eigenvalue weighted by Crippen LogP contribution is -2.00. The fourth-order valence-corrected chi connectivity index (χ4v) is 2.37. The van der Waals surface area contributed by atoms with Crippen molar-refractivity contribution in [3.8, 4) is 10.8 Å². The summed E-state index contributed by atoms with van der Waals surface area (Å²) in [6.45, 7) is 0.767. The van der Waals surface area contributed by atoms with Crippen LogP contribution in [0, 0.1) is 0 Å². The van der Waals surface area contributed by atoms with Crippen molar-refractivity contribution in [3.05, 3.63) is 41.9 Å². The SMILES string of the molecule is Cn1cc(Cn2ccnc2-c2nccs2)cn1. The van der Waals surface area contributed by atoms with Crippen LogP contribution >= 0.6 is 11.3 Å². The summed E-state index contributed by atoms with van der Waals surface area (Å²) in [4.78, 5) is 8.63. The first-order chi connectivity index (χ1) is 8.33. The van der Waals surface area contributed by atoms with Crippen molar-refractivity contribution < 1.29 is 0 Å². The van der Waals surface area contributed by atoms with E-state index >= 15 is 0 Å². The predicted octanol–water partition coefficient (Wildman–Crippen LogP) is 1.79. The minimum Gasteiger partial charge on any atom is -0.324 e. The molecule has 0 atom stereocenters. The van der Waals surface area contributed by atoms with E-state index in [1.54, 1.807) is 28.4 Å². The Labute approximate surface area is 102 Å². The maximum absolute atomic E-state index is 4.35. The summed E-state index contributed by atoms with van der Waals surface area (Å²) in [5.74, 6) is 0.906. The van der Waals surface area contributed by atoms with Gasteiger partial charge in [-0.2, -0.15) is 5.10 Å². The van der Waals surface area contributed by atoms with Crippen LogP contribution in [-0.2, 0) is 13.6 Å². The molecule has 0 spiro atoms. The van der Waals surface area contributed by atoms with Gasteiger partial charge in [0.25, 0.3) is 0 Å². The van der Waals surface area contributed by atoms with E-state index in [1.807, 2.05) is 31.0 Å². The minimum atomic E-state index is 0.767. The number of aryl methyl sites for hydroxylation is 1. The minimum absolute atomic E-state index is 0.767. The van der Waals surface area contributed by atoms with E-state index in [2.05, 4.69) is 19.6 Å². The summed E-state index contributed by atoms with van der Waals surface area (Å²) in [6, 6.07) is 0. The van der Waals surface area contributed by atoms with Crippen molar-refractivity contribution in [3.63, 3.8) is 0 Å². The Hall–Kier alpha value is -1.95. The molecule has 0 fully saturated rings. The molecule has 0 aliphatic carbocycles. The zero-order chi connectivity index (χ0) is 11.7. The van der Waals surface area contributed by atoms with Crippen molar-refractivity contribution in [1.29, 1.82) is 0 Å². The fraction of sp³-hybridized carbons (Fsp3) is 0.182. The Morgan fingerprint density at radius 2 is 2.24 bits per heavy atom. The number of rotatable bonds is 3. The Morgan fingerprint density at radius 1 is 1.29 bits per heavy atom. The molecule has 3 rings (SSSR count). The van der Waals surface area contributed by atoms with Gasteiger partial charge in [-0.25, -0.2) is 9.97 Å². The largest absolute Gasteiger partial charge is 0.324 e. The van der Waals surface area contributed by atoms with E-state index in [0.29, 0.717) is 0 Å². The number of hydrogen-bond donors (Lipinski definition) is 0. The predicted molar refractivity (Wildman–Crippen MR) is 65.6 cm³/mol. The van der Waals surface area contributed by atoms with Crippen LogP contribution in [0.25, 0.3) is 10.8 Å². The van der Waals surface area contributed by atoms with Gasteiger partial charge in [-0.3, -0.25) is 4.68 Å². The summed E-state index contributed by atoms with van der Waals surface area (Å²) >= 11 is 1.60. The number of aromatic nitrogens is 5. The maximum Gasteiger partial charge on any atom is 0.169 e. The van der Waals surface area contributed by atoms with E-state index in [-0.39, 0.29) is 0 Å². The normalized spacial score (nSPS) is 10.9. The Morgan fingerprint density at radius 3 is 2.94 bits per heavy atom. The Balaban J connectivity index is 1.92. The van der Waals surface area contributed by atoms with Crippen molar-refractivity contribution in [2.75, 3.05) is 0 Å². The molecule has 0 saturated carbocycles. The maximum atomic E-state index is 4.35. The lowest BCUT2D eigenvalue weighted by atomic mass is 10.3. The van der Waals surface area contributed by atoms with Crippen LogP contribution in [-0.4, -0.2) is 24.3 Å². The highest BCUT2D eigenvalue weighted by molar-refractivity contribution is 7.13. The van der Waals surface area contributed by atoms with Crippen molar-refractivity contribution in [1.82, 2.24) is 24.3 Å². The second-order valence-corrected chi connectivity index (χ2v) is 4.63. The smallest absolute Gasteiger partial charge is 0.169 e. The number of imidazole rings is 1. The van der Waals surface area contributed by atoms with Crippen LogP contribution in [0.1, 0.15) is 5.56 Å². The van der Waals surface area contributed by atoms with Crippen LogP contribution in [0.4, 0.5) is 0 Å². The van der Waals surface area contributed by atoms with E-state index in [9.17, 15) is 0 Å². The van der Waals surface area contributed by atoms with Gasteiger partial charge >= 0.3 is 0 Å². The highest BCUT2D eigenvalue weighted by Crippen LogP contribution is 2.20. The molecule has 3 aromatic heterocycles. The first-order valence-corrected chi connectivity index (χ1v) is 6.09. The van der Waals surface area contributed by atoms with Gasteiger partial charge in [0, 0.05) is 42.8 Å². The molecule has 0 amide bonds. The third-order valence-corrected chi connectivity index (χ3v) is 3.22. The number of hydrogen-bond acceptors (Lipinski definition) is 4. The molecule has 86 valence electrons. The highest BCUT2D eigenvalue weighted by atomic mass is 32.1. The third-order valence-electron chi connectivity index (χ3n) is 2.45. The molecule has 0 saturated heterocycles.